The Hall–Kier alpha value is -0.900. The molecular formula is C7H14N2O2. The van der Waals surface area contributed by atoms with E-state index in [-0.39, 0.29) is 12.0 Å². The quantitative estimate of drug-likeness (QED) is 0.373. The second-order valence-corrected chi connectivity index (χ2v) is 2.34. The molecule has 0 rings (SSSR count). The molecule has 1 atom stereocenters. The molecular weight excluding hydrogens is 144 g/mol. The fourth-order valence-corrected chi connectivity index (χ4v) is 0.271. The molecule has 64 valence electrons. The van der Waals surface area contributed by atoms with Crippen molar-refractivity contribution in [2.45, 2.75) is 33.2 Å². The number of rotatable bonds is 3. The highest BCUT2D eigenvalue weighted by molar-refractivity contribution is 5.86. The van der Waals surface area contributed by atoms with Crippen LogP contribution in [0, 0.1) is 0 Å². The van der Waals surface area contributed by atoms with E-state index in [0.29, 0.717) is 12.1 Å². The van der Waals surface area contributed by atoms with Crippen LogP contribution in [0.2, 0.25) is 0 Å². The number of nitrogens with zero attached hydrogens (tertiary/aromatic N) is 1. The lowest BCUT2D eigenvalue weighted by Crippen LogP contribution is -2.24. The molecule has 0 saturated carbocycles. The van der Waals surface area contributed by atoms with Crippen LogP contribution in [0.15, 0.2) is 5.16 Å². The van der Waals surface area contributed by atoms with Gasteiger partial charge in [0.25, 0.3) is 0 Å². The minimum Gasteiger partial charge on any atom is -0.323 e. The fraction of sp³-hybridized carbons (Fsp3) is 0.714. The first-order valence-corrected chi connectivity index (χ1v) is 3.57. The van der Waals surface area contributed by atoms with Crippen molar-refractivity contribution >= 4 is 11.7 Å². The lowest BCUT2D eigenvalue weighted by atomic mass is 10.2. The molecule has 0 bridgehead atoms. The van der Waals surface area contributed by atoms with Crippen LogP contribution in [0.25, 0.3) is 0 Å². The lowest BCUT2D eigenvalue weighted by Gasteiger charge is -2.01. The number of hydrogen-bond donors (Lipinski definition) is 1. The van der Waals surface area contributed by atoms with Gasteiger partial charge in [0.2, 0.25) is 0 Å². The van der Waals surface area contributed by atoms with Crippen molar-refractivity contribution < 1.29 is 9.63 Å². The average Bonchev–Trinajstić information content (AvgIpc) is 1.99. The highest BCUT2D eigenvalue weighted by atomic mass is 16.7. The number of nitrogens with two attached hydrogens (primary N) is 1. The third-order valence-electron chi connectivity index (χ3n) is 1.24. The second kappa shape index (κ2) is 4.85. The summed E-state index contributed by atoms with van der Waals surface area (Å²) >= 11 is 0. The molecule has 1 unspecified atom stereocenters. The number of carbonyl (C=O) groups excluding carboxylic acids is 1. The van der Waals surface area contributed by atoms with Crippen LogP contribution < -0.4 is 5.73 Å². The summed E-state index contributed by atoms with van der Waals surface area (Å²) in [6, 6.07) is -0.167. The Morgan fingerprint density at radius 3 is 2.64 bits per heavy atom. The molecule has 0 spiro atoms. The molecule has 0 aromatic heterocycles. The van der Waals surface area contributed by atoms with Gasteiger partial charge in [0.15, 0.2) is 0 Å². The smallest absolute Gasteiger partial charge is 0.323 e. The molecule has 0 aliphatic heterocycles. The maximum Gasteiger partial charge on any atom is 0.334 e. The van der Waals surface area contributed by atoms with E-state index in [1.165, 1.54) is 0 Å². The molecule has 2 N–H and O–H groups in total. The highest BCUT2D eigenvalue weighted by Gasteiger charge is 2.00. The first-order chi connectivity index (χ1) is 5.07. The van der Waals surface area contributed by atoms with Gasteiger partial charge in [-0.25, -0.2) is 4.79 Å². The van der Waals surface area contributed by atoms with Gasteiger partial charge in [-0.1, -0.05) is 12.1 Å². The van der Waals surface area contributed by atoms with E-state index in [2.05, 4.69) is 9.99 Å². The molecule has 4 heteroatoms. The van der Waals surface area contributed by atoms with Gasteiger partial charge < -0.3 is 10.6 Å². The molecule has 0 fully saturated rings. The van der Waals surface area contributed by atoms with Gasteiger partial charge in [-0.2, -0.15) is 0 Å². The molecule has 0 aromatic rings. The molecule has 11 heavy (non-hydrogen) atoms. The van der Waals surface area contributed by atoms with Crippen molar-refractivity contribution in [1.82, 2.24) is 0 Å². The summed E-state index contributed by atoms with van der Waals surface area (Å²) in [5.41, 5.74) is 6.06. The summed E-state index contributed by atoms with van der Waals surface area (Å²) in [6.45, 7) is 5.20. The summed E-state index contributed by atoms with van der Waals surface area (Å²) in [5.74, 6) is -0.343. The van der Waals surface area contributed by atoms with E-state index in [4.69, 9.17) is 5.73 Å². The van der Waals surface area contributed by atoms with Gasteiger partial charge in [0.05, 0.1) is 5.71 Å². The maximum atomic E-state index is 10.6. The third kappa shape index (κ3) is 4.50. The Kier molecular flexibility index (Phi) is 4.45. The molecule has 0 heterocycles. The van der Waals surface area contributed by atoms with Gasteiger partial charge in [-0.15, -0.1) is 0 Å². The molecule has 0 aliphatic carbocycles. The largest absolute Gasteiger partial charge is 0.334 e. The predicted octanol–water partition coefficient (Wildman–Crippen LogP) is 0.663. The number of carbonyl (C=O) groups is 1. The Morgan fingerprint density at radius 2 is 2.27 bits per heavy atom. The van der Waals surface area contributed by atoms with Gasteiger partial charge in [-0.3, -0.25) is 0 Å². The lowest BCUT2D eigenvalue weighted by molar-refractivity contribution is -0.143. The topological polar surface area (TPSA) is 64.7 Å². The fourth-order valence-electron chi connectivity index (χ4n) is 0.271. The van der Waals surface area contributed by atoms with Crippen LogP contribution in [-0.2, 0) is 9.63 Å². The van der Waals surface area contributed by atoms with E-state index < -0.39 is 0 Å². The molecule has 0 aromatic carbocycles. The van der Waals surface area contributed by atoms with Crippen LogP contribution in [-0.4, -0.2) is 17.7 Å². The second-order valence-electron chi connectivity index (χ2n) is 2.34. The zero-order valence-corrected chi connectivity index (χ0v) is 7.13. The van der Waals surface area contributed by atoms with Gasteiger partial charge in [0.1, 0.15) is 0 Å². The normalized spacial score (nSPS) is 14.4. The average molecular weight is 158 g/mol. The van der Waals surface area contributed by atoms with Crippen molar-refractivity contribution in [2.75, 3.05) is 0 Å². The van der Waals surface area contributed by atoms with Gasteiger partial charge >= 0.3 is 5.97 Å². The van der Waals surface area contributed by atoms with E-state index >= 15 is 0 Å². The van der Waals surface area contributed by atoms with Crippen molar-refractivity contribution in [1.29, 1.82) is 0 Å². The summed E-state index contributed by atoms with van der Waals surface area (Å²) < 4.78 is 0. The monoisotopic (exact) mass is 158 g/mol. The van der Waals surface area contributed by atoms with E-state index in [1.54, 1.807) is 20.8 Å². The molecule has 0 saturated heterocycles. The standard InChI is InChI=1S/C7H14N2O2/c1-4-7(10)11-9-6(3)5(2)8/h5H,4,8H2,1-3H3/b9-6+. The van der Waals surface area contributed by atoms with Crippen molar-refractivity contribution in [3.05, 3.63) is 0 Å². The first-order valence-electron chi connectivity index (χ1n) is 3.57. The van der Waals surface area contributed by atoms with Crippen molar-refractivity contribution in [2.24, 2.45) is 10.9 Å². The third-order valence-corrected chi connectivity index (χ3v) is 1.24. The molecule has 0 amide bonds. The van der Waals surface area contributed by atoms with Crippen LogP contribution >= 0.6 is 0 Å². The number of hydrogen-bond acceptors (Lipinski definition) is 4. The minimum absolute atomic E-state index is 0.167. The van der Waals surface area contributed by atoms with Crippen molar-refractivity contribution in [3.63, 3.8) is 0 Å². The zero-order chi connectivity index (χ0) is 8.85. The van der Waals surface area contributed by atoms with Crippen LogP contribution in [0.4, 0.5) is 0 Å². The summed E-state index contributed by atoms with van der Waals surface area (Å²) in [6.07, 6.45) is 0.329. The predicted molar refractivity (Wildman–Crippen MR) is 43.1 cm³/mol. The van der Waals surface area contributed by atoms with Crippen LogP contribution in [0.5, 0.6) is 0 Å². The Morgan fingerprint density at radius 1 is 1.73 bits per heavy atom. The van der Waals surface area contributed by atoms with Crippen LogP contribution in [0.3, 0.4) is 0 Å². The highest BCUT2D eigenvalue weighted by Crippen LogP contribution is 1.89. The Labute approximate surface area is 66.4 Å². The zero-order valence-electron chi connectivity index (χ0n) is 7.13. The van der Waals surface area contributed by atoms with Gasteiger partial charge in [0, 0.05) is 12.5 Å². The van der Waals surface area contributed by atoms with Gasteiger partial charge in [-0.05, 0) is 13.8 Å². The molecule has 4 nitrogen and oxygen atoms in total. The summed E-state index contributed by atoms with van der Waals surface area (Å²) in [5, 5.41) is 3.54. The van der Waals surface area contributed by atoms with Crippen molar-refractivity contribution in [3.8, 4) is 0 Å². The summed E-state index contributed by atoms with van der Waals surface area (Å²) in [7, 11) is 0. The first kappa shape index (κ1) is 10.1. The molecule has 0 aliphatic rings. The minimum atomic E-state index is -0.343. The summed E-state index contributed by atoms with van der Waals surface area (Å²) in [4.78, 5) is 15.1. The molecule has 0 radical (unpaired) electrons. The van der Waals surface area contributed by atoms with E-state index in [9.17, 15) is 4.79 Å². The Balaban J connectivity index is 3.82. The number of oxime groups is 1. The van der Waals surface area contributed by atoms with Crippen LogP contribution in [0.1, 0.15) is 27.2 Å². The maximum absolute atomic E-state index is 10.6. The van der Waals surface area contributed by atoms with E-state index in [1.807, 2.05) is 0 Å². The SMILES string of the molecule is CCC(=O)O/N=C(\C)C(C)N. The Bertz CT molecular complexity index is 164. The van der Waals surface area contributed by atoms with E-state index in [0.717, 1.165) is 0 Å².